The molecule has 0 spiro atoms. The van der Waals surface area contributed by atoms with Gasteiger partial charge in [0.25, 0.3) is 5.69 Å². The highest BCUT2D eigenvalue weighted by molar-refractivity contribution is 7.99. The van der Waals surface area contributed by atoms with Gasteiger partial charge in [-0.1, -0.05) is 24.8 Å². The van der Waals surface area contributed by atoms with Gasteiger partial charge in [0.15, 0.2) is 5.16 Å². The van der Waals surface area contributed by atoms with Gasteiger partial charge in [0.2, 0.25) is 15.9 Å². The van der Waals surface area contributed by atoms with Crippen LogP contribution < -0.4 is 10.5 Å². The number of amides is 1. The standard InChI is InChI=1S/C19H21N5O5S2/c1-3-8-23-16-7-6-14(31(20,28)29)10-15(16)22-19(23)30-11-18(25)21-13-5-4-12(2)17(9-13)24(26)27/h4-7,9-10H,3,8,11H2,1-2H3,(H,21,25)(H2,20,28,29). The lowest BCUT2D eigenvalue weighted by atomic mass is 10.2. The molecule has 31 heavy (non-hydrogen) atoms. The molecule has 1 aromatic heterocycles. The van der Waals surface area contributed by atoms with Crippen molar-refractivity contribution in [2.24, 2.45) is 5.14 Å². The molecule has 1 heterocycles. The number of rotatable bonds is 8. The number of aromatic nitrogens is 2. The number of thioether (sulfide) groups is 1. The summed E-state index contributed by atoms with van der Waals surface area (Å²) < 4.78 is 25.1. The van der Waals surface area contributed by atoms with Crippen molar-refractivity contribution in [1.82, 2.24) is 9.55 Å². The highest BCUT2D eigenvalue weighted by atomic mass is 32.2. The average Bonchev–Trinajstić information content (AvgIpc) is 3.04. The molecular weight excluding hydrogens is 442 g/mol. The van der Waals surface area contributed by atoms with E-state index in [2.05, 4.69) is 10.3 Å². The van der Waals surface area contributed by atoms with Gasteiger partial charge in [-0.15, -0.1) is 0 Å². The Morgan fingerprint density at radius 1 is 1.29 bits per heavy atom. The number of carbonyl (C=O) groups is 1. The van der Waals surface area contributed by atoms with Crippen LogP contribution in [-0.2, 0) is 21.4 Å². The minimum absolute atomic E-state index is 0.0246. The lowest BCUT2D eigenvalue weighted by Crippen LogP contribution is -2.15. The summed E-state index contributed by atoms with van der Waals surface area (Å²) in [6.45, 7) is 4.26. The first-order chi connectivity index (χ1) is 14.6. The number of sulfonamides is 1. The van der Waals surface area contributed by atoms with E-state index in [4.69, 9.17) is 5.14 Å². The maximum Gasteiger partial charge on any atom is 0.274 e. The summed E-state index contributed by atoms with van der Waals surface area (Å²) in [7, 11) is -3.85. The zero-order valence-electron chi connectivity index (χ0n) is 16.9. The quantitative estimate of drug-likeness (QED) is 0.296. The number of anilines is 1. The van der Waals surface area contributed by atoms with Gasteiger partial charge >= 0.3 is 0 Å². The highest BCUT2D eigenvalue weighted by Crippen LogP contribution is 2.27. The molecule has 0 fully saturated rings. The number of hydrogen-bond donors (Lipinski definition) is 2. The summed E-state index contributed by atoms with van der Waals surface area (Å²) in [4.78, 5) is 27.4. The van der Waals surface area contributed by atoms with Crippen LogP contribution in [0.3, 0.4) is 0 Å². The summed E-state index contributed by atoms with van der Waals surface area (Å²) in [6, 6.07) is 8.98. The number of hydrogen-bond acceptors (Lipinski definition) is 7. The summed E-state index contributed by atoms with van der Waals surface area (Å²) >= 11 is 1.19. The molecule has 2 aromatic carbocycles. The number of benzene rings is 2. The van der Waals surface area contributed by atoms with Crippen molar-refractivity contribution < 1.29 is 18.1 Å². The van der Waals surface area contributed by atoms with E-state index in [0.29, 0.717) is 28.5 Å². The van der Waals surface area contributed by atoms with Crippen molar-refractivity contribution >= 4 is 50.1 Å². The van der Waals surface area contributed by atoms with Crippen LogP contribution in [0.5, 0.6) is 0 Å². The summed E-state index contributed by atoms with van der Waals surface area (Å²) in [5, 5.41) is 19.5. The Kier molecular flexibility index (Phi) is 6.62. The summed E-state index contributed by atoms with van der Waals surface area (Å²) in [6.07, 6.45) is 0.815. The van der Waals surface area contributed by atoms with Crippen LogP contribution >= 0.6 is 11.8 Å². The Morgan fingerprint density at radius 3 is 2.68 bits per heavy atom. The van der Waals surface area contributed by atoms with Crippen LogP contribution in [0, 0.1) is 17.0 Å². The molecule has 0 aliphatic carbocycles. The van der Waals surface area contributed by atoms with E-state index in [-0.39, 0.29) is 22.2 Å². The SMILES string of the molecule is CCCn1c(SCC(=O)Nc2ccc(C)c([N+](=O)[O-])c2)nc2cc(S(N)(=O)=O)ccc21. The first kappa shape index (κ1) is 22.7. The van der Waals surface area contributed by atoms with Crippen LogP contribution in [0.15, 0.2) is 46.5 Å². The zero-order chi connectivity index (χ0) is 22.8. The Balaban J connectivity index is 1.79. The minimum Gasteiger partial charge on any atom is -0.325 e. The van der Waals surface area contributed by atoms with Crippen molar-refractivity contribution in [3.05, 3.63) is 52.1 Å². The van der Waals surface area contributed by atoms with E-state index < -0.39 is 14.9 Å². The van der Waals surface area contributed by atoms with Crippen LogP contribution in [0.2, 0.25) is 0 Å². The second kappa shape index (κ2) is 9.04. The lowest BCUT2D eigenvalue weighted by Gasteiger charge is -2.08. The van der Waals surface area contributed by atoms with E-state index in [1.807, 2.05) is 11.5 Å². The molecule has 0 atom stereocenters. The van der Waals surface area contributed by atoms with Crippen LogP contribution in [0.1, 0.15) is 18.9 Å². The van der Waals surface area contributed by atoms with Crippen molar-refractivity contribution in [3.8, 4) is 0 Å². The molecule has 12 heteroatoms. The molecule has 0 saturated carbocycles. The number of nitrogens with two attached hydrogens (primary N) is 1. The fraction of sp³-hybridized carbons (Fsp3) is 0.263. The van der Waals surface area contributed by atoms with Gasteiger partial charge in [-0.3, -0.25) is 14.9 Å². The Bertz CT molecular complexity index is 1270. The number of nitrogens with zero attached hydrogens (tertiary/aromatic N) is 3. The van der Waals surface area contributed by atoms with Gasteiger partial charge in [-0.25, -0.2) is 18.5 Å². The Hall–Kier alpha value is -2.96. The molecule has 3 rings (SSSR count). The highest BCUT2D eigenvalue weighted by Gasteiger charge is 2.17. The van der Waals surface area contributed by atoms with E-state index in [9.17, 15) is 23.3 Å². The third-order valence-corrected chi connectivity index (χ3v) is 6.37. The topological polar surface area (TPSA) is 150 Å². The molecule has 0 saturated heterocycles. The van der Waals surface area contributed by atoms with Gasteiger partial charge in [-0.2, -0.15) is 0 Å². The van der Waals surface area contributed by atoms with Gasteiger partial charge in [-0.05, 0) is 37.6 Å². The maximum absolute atomic E-state index is 12.4. The number of carbonyl (C=O) groups excluding carboxylic acids is 1. The van der Waals surface area contributed by atoms with Crippen molar-refractivity contribution in [2.45, 2.75) is 36.9 Å². The fourth-order valence-electron chi connectivity index (χ4n) is 3.03. The molecule has 0 unspecified atom stereocenters. The summed E-state index contributed by atoms with van der Waals surface area (Å²) in [5.41, 5.74) is 1.98. The second-order valence-corrected chi connectivity index (χ2v) is 9.34. The molecule has 0 bridgehead atoms. The van der Waals surface area contributed by atoms with Gasteiger partial charge in [0, 0.05) is 23.9 Å². The van der Waals surface area contributed by atoms with E-state index in [0.717, 1.165) is 11.9 Å². The van der Waals surface area contributed by atoms with Crippen LogP contribution in [0.25, 0.3) is 11.0 Å². The third-order valence-electron chi connectivity index (χ3n) is 4.48. The van der Waals surface area contributed by atoms with E-state index in [1.165, 1.54) is 30.0 Å². The van der Waals surface area contributed by atoms with Crippen LogP contribution in [-0.4, -0.2) is 34.6 Å². The smallest absolute Gasteiger partial charge is 0.274 e. The van der Waals surface area contributed by atoms with Gasteiger partial charge in [0.1, 0.15) is 0 Å². The molecule has 3 aromatic rings. The zero-order valence-corrected chi connectivity index (χ0v) is 18.5. The van der Waals surface area contributed by atoms with Crippen molar-refractivity contribution in [2.75, 3.05) is 11.1 Å². The average molecular weight is 464 g/mol. The lowest BCUT2D eigenvalue weighted by molar-refractivity contribution is -0.385. The first-order valence-corrected chi connectivity index (χ1v) is 11.8. The predicted octanol–water partition coefficient (Wildman–Crippen LogP) is 3.04. The molecule has 164 valence electrons. The molecule has 1 amide bonds. The molecule has 0 aliphatic rings. The van der Waals surface area contributed by atoms with Crippen molar-refractivity contribution in [3.63, 3.8) is 0 Å². The molecule has 0 aliphatic heterocycles. The third kappa shape index (κ3) is 5.21. The fourth-order valence-corrected chi connectivity index (χ4v) is 4.40. The maximum atomic E-state index is 12.4. The number of aryl methyl sites for hydroxylation is 2. The molecular formula is C19H21N5O5S2. The van der Waals surface area contributed by atoms with E-state index >= 15 is 0 Å². The van der Waals surface area contributed by atoms with Gasteiger partial charge in [0.05, 0.1) is 26.6 Å². The Labute approximate surface area is 183 Å². The summed E-state index contributed by atoms with van der Waals surface area (Å²) in [5.74, 6) is -0.319. The normalized spacial score (nSPS) is 11.6. The van der Waals surface area contributed by atoms with Crippen LogP contribution in [0.4, 0.5) is 11.4 Å². The van der Waals surface area contributed by atoms with Crippen molar-refractivity contribution in [1.29, 1.82) is 0 Å². The molecule has 0 radical (unpaired) electrons. The monoisotopic (exact) mass is 463 g/mol. The Morgan fingerprint density at radius 2 is 2.03 bits per heavy atom. The van der Waals surface area contributed by atoms with E-state index in [1.54, 1.807) is 25.1 Å². The molecule has 10 nitrogen and oxygen atoms in total. The number of fused-ring (bicyclic) bond motifs is 1. The first-order valence-electron chi connectivity index (χ1n) is 9.31. The predicted molar refractivity (Wildman–Crippen MR) is 119 cm³/mol. The number of nitro groups is 1. The number of imidazole rings is 1. The number of nitrogens with one attached hydrogen (secondary N) is 1. The molecule has 3 N–H and O–H groups in total. The number of nitro benzene ring substituents is 1. The minimum atomic E-state index is -3.85. The largest absolute Gasteiger partial charge is 0.325 e. The number of primary sulfonamides is 1. The van der Waals surface area contributed by atoms with Gasteiger partial charge < -0.3 is 9.88 Å². The second-order valence-electron chi connectivity index (χ2n) is 6.84.